The van der Waals surface area contributed by atoms with Crippen LogP contribution in [-0.4, -0.2) is 350 Å². The maximum atomic E-state index is 16.2. The quantitative estimate of drug-likeness (QED) is 0.0391. The number of aliphatic hydroxyl groups is 2. The van der Waals surface area contributed by atoms with Crippen molar-refractivity contribution in [3.8, 4) is 0 Å². The van der Waals surface area contributed by atoms with Gasteiger partial charge in [0.2, 0.25) is 55.5 Å². The number of hydrogen-bond donors (Lipinski definition) is 8. The van der Waals surface area contributed by atoms with Crippen LogP contribution < -0.4 is 30.9 Å². The van der Waals surface area contributed by atoms with Gasteiger partial charge in [-0.05, 0) is 130 Å². The molecule has 3 heterocycles. The van der Waals surface area contributed by atoms with E-state index in [0.717, 1.165) is 65.7 Å². The predicted molar refractivity (Wildman–Crippen MR) is 461 cm³/mol. The first-order valence-electron chi connectivity index (χ1n) is 40.9. The van der Waals surface area contributed by atoms with Crippen molar-refractivity contribution < 1.29 is 131 Å². The van der Waals surface area contributed by atoms with Gasteiger partial charge in [-0.2, -0.15) is 9.44 Å². The highest BCUT2D eigenvalue weighted by Crippen LogP contribution is 2.41. The van der Waals surface area contributed by atoms with Gasteiger partial charge in [0.25, 0.3) is 11.8 Å². The average Bonchev–Trinajstić information content (AvgIpc) is 0.781. The molecule has 0 aromatic heterocycles. The Kier molecular flexibility index (Phi) is 39.5. The van der Waals surface area contributed by atoms with Crippen LogP contribution in [0.3, 0.4) is 0 Å². The van der Waals surface area contributed by atoms with Crippen molar-refractivity contribution in [3.63, 3.8) is 0 Å². The third kappa shape index (κ3) is 36.2. The topological polar surface area (TPSA) is 497 Å². The van der Waals surface area contributed by atoms with E-state index in [1.54, 1.807) is 26.2 Å². The molecule has 0 aliphatic carbocycles. The maximum Gasteiger partial charge on any atom is 0.426 e. The maximum absolute atomic E-state index is 16.2. The van der Waals surface area contributed by atoms with Crippen molar-refractivity contribution >= 4 is 124 Å². The third-order valence-electron chi connectivity index (χ3n) is 20.7. The summed E-state index contributed by atoms with van der Waals surface area (Å²) in [5.41, 5.74) is -2.72. The van der Waals surface area contributed by atoms with Gasteiger partial charge >= 0.3 is 24.1 Å². The highest BCUT2D eigenvalue weighted by atomic mass is 32.2. The minimum Gasteiger partial charge on any atom is -0.462 e. The van der Waals surface area contributed by atoms with Gasteiger partial charge in [0.05, 0.1) is 87.5 Å². The third-order valence-corrected chi connectivity index (χ3v) is 36.7. The number of amides is 10. The van der Waals surface area contributed by atoms with Gasteiger partial charge in [-0.25, -0.2) is 56.9 Å². The largest absolute Gasteiger partial charge is 0.462 e. The second kappa shape index (κ2) is 43.9. The number of nitrogens with zero attached hydrogens (tertiary/aromatic N) is 6. The van der Waals surface area contributed by atoms with Crippen molar-refractivity contribution in [1.82, 2.24) is 60.5 Å². The van der Waals surface area contributed by atoms with E-state index in [1.165, 1.54) is 41.5 Å². The van der Waals surface area contributed by atoms with Crippen molar-refractivity contribution in [3.05, 3.63) is 0 Å². The van der Waals surface area contributed by atoms with Gasteiger partial charge in [-0.15, -0.1) is 0 Å². The van der Waals surface area contributed by atoms with Crippen LogP contribution in [0.5, 0.6) is 0 Å². The monoisotopic (exact) mass is 1850 g/mol. The minimum absolute atomic E-state index is 0.0886. The number of likely N-dealkylation sites (N-methyl/N-ethyl adjacent to an activating group) is 4. The molecule has 8 N–H and O–H groups in total. The second-order valence-electron chi connectivity index (χ2n) is 39.8. The minimum atomic E-state index is -4.71. The highest BCUT2D eigenvalue weighted by molar-refractivity contribution is 7.89. The molecule has 0 saturated carbocycles. The number of ether oxygens (including phenoxy) is 8. The van der Waals surface area contributed by atoms with E-state index in [-0.39, 0.29) is 38.5 Å². The predicted octanol–water partition coefficient (Wildman–Crippen LogP) is 3.04. The number of cyclic esters (lactones) is 2. The van der Waals surface area contributed by atoms with Gasteiger partial charge in [-0.3, -0.25) is 38.4 Å². The standard InChI is InChI=1S/C76H144N12O28S2Si4/c1-71(2,3)113-69(99)79-87-59(51(41-57-107-33-31-34-108-57)115-121(27,28)73(7,8)9)63(93)77-43-53(89)83(17)45-55(91)86(20)62(76(15,16)102)68(98)112-48-50(82-118(105,106)38-40-120(24,25)26)66(96)88(80-70(100)114-72(4,5)6)60(52(42-58-109-35-32-36-110-58)116-122(29,30)74(10,11)12)64(94)78-44-54(90)84(18)46-56(92)85(19)61(75(13,14)101)67(97)111-47-49(65(87)95)81-117(103,104)37-39-119(21,22)23/h49-52,57-62,81-82,101-102H,31-48H2,1-30H3,(H,77,93)(H,78,94)(H,79,99)(H,80,100)/t49-,50-,51+,52+,59+,60+,61-,62-/m1/s1. The lowest BCUT2D eigenvalue weighted by atomic mass is 9.97. The van der Waals surface area contributed by atoms with Crippen LogP contribution >= 0.6 is 0 Å². The molecule has 0 radical (unpaired) electrons. The molecule has 8 atom stereocenters. The molecule has 0 spiro atoms. The fraction of sp³-hybridized carbons (Fsp3) is 0.842. The molecule has 0 unspecified atom stereocenters. The van der Waals surface area contributed by atoms with Crippen LogP contribution in [0.15, 0.2) is 0 Å². The SMILES string of the molecule is CN1CC(=O)N(C)[C@@H](C(C)(C)O)C(=O)OC[C@@H](NS(=O)(=O)CC[Si](C)(C)C)C(=O)N(NC(=O)OC(C)(C)C)[C@@H]([C@H](CC2OCCCO2)O[Si](C)(C)C(C)(C)C)C(=O)NCC(=O)N(C)CC(=O)N(C)[C@@H](C(C)(C)O)C(=O)OC[C@@H](NS(=O)(=O)CC[Si](C)(C)C)C(=O)N(NC(=O)OC(C)(C)C)[C@@H]([C@H](CC2OCCCO2)O[Si](C)(C)C(C)(C)C)C(=O)NCC1=O. The molecular weight excluding hydrogens is 1710 g/mol. The Balaban J connectivity index is 2.67. The number of sulfonamides is 2. The molecule has 0 aromatic rings. The second-order valence-corrected chi connectivity index (χ2v) is 64.3. The van der Waals surface area contributed by atoms with Crippen molar-refractivity contribution in [2.75, 3.05) is 106 Å². The smallest absolute Gasteiger partial charge is 0.426 e. The number of hydrazine groups is 2. The lowest BCUT2D eigenvalue weighted by Gasteiger charge is -2.44. The average molecular weight is 1850 g/mol. The van der Waals surface area contributed by atoms with Crippen LogP contribution in [-0.2, 0) is 115 Å². The molecule has 0 aromatic carbocycles. The summed E-state index contributed by atoms with van der Waals surface area (Å²) in [6.45, 7) is 36.4. The summed E-state index contributed by atoms with van der Waals surface area (Å²) in [5, 5.41) is 28.1. The van der Waals surface area contributed by atoms with Crippen LogP contribution in [0.4, 0.5) is 9.59 Å². The summed E-state index contributed by atoms with van der Waals surface area (Å²) in [4.78, 5) is 185. The molecular formula is C76H144N12O28S2Si4. The van der Waals surface area contributed by atoms with Crippen LogP contribution in [0.25, 0.3) is 0 Å². The molecule has 704 valence electrons. The van der Waals surface area contributed by atoms with Gasteiger partial charge in [0, 0.05) is 57.2 Å². The molecule has 46 heteroatoms. The number of hydrogen-bond acceptors (Lipinski definition) is 28. The Labute approximate surface area is 725 Å². The summed E-state index contributed by atoms with van der Waals surface area (Å²) >= 11 is 0. The summed E-state index contributed by atoms with van der Waals surface area (Å²) in [7, 11) is -16.3. The number of nitrogens with one attached hydrogen (secondary N) is 6. The normalized spacial score (nSPS) is 22.8. The highest BCUT2D eigenvalue weighted by Gasteiger charge is 2.53. The zero-order valence-corrected chi connectivity index (χ0v) is 83.1. The molecule has 122 heavy (non-hydrogen) atoms. The van der Waals surface area contributed by atoms with Gasteiger partial charge in [-0.1, -0.05) is 80.8 Å². The summed E-state index contributed by atoms with van der Waals surface area (Å²) in [5.74, 6) is -14.3. The number of rotatable bonds is 24. The first-order chi connectivity index (χ1) is 55.1. The van der Waals surface area contributed by atoms with Crippen LogP contribution in [0.1, 0.15) is 136 Å². The Bertz CT molecular complexity index is 3610. The Morgan fingerprint density at radius 1 is 0.475 bits per heavy atom. The zero-order chi connectivity index (χ0) is 94.2. The first kappa shape index (κ1) is 110. The summed E-state index contributed by atoms with van der Waals surface area (Å²) in [6, 6.07) is -13.3. The molecule has 40 nitrogen and oxygen atoms in total. The zero-order valence-electron chi connectivity index (χ0n) is 77.5. The summed E-state index contributed by atoms with van der Waals surface area (Å²) in [6.07, 6.45) is -8.60. The molecule has 3 rings (SSSR count). The van der Waals surface area contributed by atoms with E-state index in [4.69, 9.17) is 46.7 Å². The molecule has 3 aliphatic heterocycles. The van der Waals surface area contributed by atoms with E-state index in [2.05, 4.69) is 30.9 Å². The fourth-order valence-electron chi connectivity index (χ4n) is 11.9. The Morgan fingerprint density at radius 3 is 1.02 bits per heavy atom. The summed E-state index contributed by atoms with van der Waals surface area (Å²) < 4.78 is 124. The van der Waals surface area contributed by atoms with Gasteiger partial charge in [0.1, 0.15) is 36.5 Å². The molecule has 3 aliphatic rings. The van der Waals surface area contributed by atoms with E-state index < -0.39 is 281 Å². The molecule has 3 fully saturated rings. The van der Waals surface area contributed by atoms with Crippen LogP contribution in [0, 0.1) is 0 Å². The lowest BCUT2D eigenvalue weighted by Crippen LogP contribution is -2.68. The van der Waals surface area contributed by atoms with E-state index in [1.807, 2.05) is 80.8 Å². The first-order valence-corrected chi connectivity index (χ1v) is 57.4. The lowest BCUT2D eigenvalue weighted by molar-refractivity contribution is -0.195. The van der Waals surface area contributed by atoms with E-state index in [0.29, 0.717) is 32.7 Å². The van der Waals surface area contributed by atoms with Gasteiger partial charge in [0.15, 0.2) is 53.4 Å². The number of carbonyl (C=O) groups excluding carboxylic acids is 12. The van der Waals surface area contributed by atoms with Crippen molar-refractivity contribution in [2.45, 2.75) is 308 Å². The molecule has 0 bridgehead atoms. The fourth-order valence-corrected chi connectivity index (χ4v) is 23.0. The molecule has 10 amide bonds. The number of esters is 2. The van der Waals surface area contributed by atoms with E-state index >= 15 is 28.8 Å². The van der Waals surface area contributed by atoms with Crippen LogP contribution in [0.2, 0.25) is 87.6 Å². The van der Waals surface area contributed by atoms with Gasteiger partial charge < -0.3 is 87.2 Å². The Morgan fingerprint density at radius 2 is 0.762 bits per heavy atom. The Hall–Kier alpha value is -6.39. The molecule has 3 saturated heterocycles. The van der Waals surface area contributed by atoms with E-state index in [9.17, 15) is 55.8 Å². The number of carbonyl (C=O) groups is 12. The van der Waals surface area contributed by atoms with Crippen molar-refractivity contribution in [1.29, 1.82) is 0 Å². The van der Waals surface area contributed by atoms with Crippen molar-refractivity contribution in [2.24, 2.45) is 0 Å².